The molecule has 0 bridgehead atoms. The van der Waals surface area contributed by atoms with Gasteiger partial charge in [-0.2, -0.15) is 0 Å². The van der Waals surface area contributed by atoms with Crippen LogP contribution in [0.2, 0.25) is 5.15 Å². The number of nitrogens with zero attached hydrogens (tertiary/aromatic N) is 1. The molecule has 5 nitrogen and oxygen atoms in total. The lowest BCUT2D eigenvalue weighted by Crippen LogP contribution is -2.23. The fourth-order valence-corrected chi connectivity index (χ4v) is 2.00. The van der Waals surface area contributed by atoms with Gasteiger partial charge in [0.1, 0.15) is 11.0 Å². The third kappa shape index (κ3) is 3.46. The molecule has 0 aliphatic carbocycles. The molecule has 1 amide bonds. The van der Waals surface area contributed by atoms with E-state index in [0.29, 0.717) is 17.9 Å². The summed E-state index contributed by atoms with van der Waals surface area (Å²) in [6.45, 7) is 2.46. The molecule has 0 fully saturated rings. The maximum atomic E-state index is 12.1. The van der Waals surface area contributed by atoms with E-state index in [-0.39, 0.29) is 11.1 Å². The molecule has 0 spiro atoms. The molecule has 0 aliphatic heterocycles. The molecule has 0 atom stereocenters. The first-order chi connectivity index (χ1) is 9.60. The number of hydrogen-bond donors (Lipinski definition) is 3. The molecule has 0 unspecified atom stereocenters. The first-order valence-corrected chi connectivity index (χ1v) is 6.45. The van der Waals surface area contributed by atoms with Crippen molar-refractivity contribution < 1.29 is 4.79 Å². The van der Waals surface area contributed by atoms with Gasteiger partial charge in [-0.05, 0) is 30.2 Å². The number of aryl methyl sites for hydroxylation is 1. The zero-order valence-corrected chi connectivity index (χ0v) is 11.7. The Hall–Kier alpha value is -2.11. The number of nitrogen functional groups attached to an aromatic ring is 1. The minimum absolute atomic E-state index is 0.210. The summed E-state index contributed by atoms with van der Waals surface area (Å²) in [7, 11) is 0. The van der Waals surface area contributed by atoms with Crippen molar-refractivity contribution in [3.05, 3.63) is 58.2 Å². The average molecular weight is 291 g/mol. The molecule has 0 saturated heterocycles. The molecule has 4 N–H and O–H groups in total. The van der Waals surface area contributed by atoms with E-state index < -0.39 is 0 Å². The lowest BCUT2D eigenvalue weighted by molar-refractivity contribution is 0.0951. The van der Waals surface area contributed by atoms with Crippen LogP contribution in [-0.4, -0.2) is 10.9 Å². The number of benzene rings is 1. The van der Waals surface area contributed by atoms with Crippen LogP contribution in [0.25, 0.3) is 0 Å². The van der Waals surface area contributed by atoms with E-state index in [1.165, 1.54) is 6.07 Å². The number of carbonyl (C=O) groups excluding carboxylic acids is 1. The summed E-state index contributed by atoms with van der Waals surface area (Å²) in [5.41, 5.74) is 4.98. The maximum absolute atomic E-state index is 12.1. The quantitative estimate of drug-likeness (QED) is 0.458. The molecule has 1 heterocycles. The summed E-state index contributed by atoms with van der Waals surface area (Å²) in [6, 6.07) is 10.9. The second-order valence-corrected chi connectivity index (χ2v) is 4.70. The van der Waals surface area contributed by atoms with Crippen LogP contribution in [0.1, 0.15) is 21.5 Å². The number of hydrogen-bond acceptors (Lipinski definition) is 4. The van der Waals surface area contributed by atoms with Crippen molar-refractivity contribution in [1.82, 2.24) is 10.3 Å². The Kier molecular flexibility index (Phi) is 4.55. The van der Waals surface area contributed by atoms with Crippen LogP contribution in [0.15, 0.2) is 36.4 Å². The highest BCUT2D eigenvalue weighted by Crippen LogP contribution is 2.14. The zero-order valence-electron chi connectivity index (χ0n) is 11.0. The van der Waals surface area contributed by atoms with Gasteiger partial charge in [0.25, 0.3) is 5.91 Å². The van der Waals surface area contributed by atoms with Crippen molar-refractivity contribution in [1.29, 1.82) is 0 Å². The average Bonchev–Trinajstić information content (AvgIpc) is 2.45. The minimum atomic E-state index is -0.228. The van der Waals surface area contributed by atoms with Crippen molar-refractivity contribution in [2.75, 3.05) is 5.43 Å². The third-order valence-corrected chi connectivity index (χ3v) is 3.10. The van der Waals surface area contributed by atoms with Crippen LogP contribution in [0.5, 0.6) is 0 Å². The van der Waals surface area contributed by atoms with E-state index in [1.807, 2.05) is 31.2 Å². The first-order valence-electron chi connectivity index (χ1n) is 6.07. The lowest BCUT2D eigenvalue weighted by atomic mass is 10.1. The molecular formula is C14H15ClN4O. The van der Waals surface area contributed by atoms with E-state index >= 15 is 0 Å². The lowest BCUT2D eigenvalue weighted by Gasteiger charge is -2.09. The molecule has 2 aromatic rings. The highest BCUT2D eigenvalue weighted by molar-refractivity contribution is 6.29. The van der Waals surface area contributed by atoms with Gasteiger partial charge in [-0.15, -0.1) is 0 Å². The number of anilines is 1. The van der Waals surface area contributed by atoms with Gasteiger partial charge in [-0.1, -0.05) is 35.9 Å². The van der Waals surface area contributed by atoms with E-state index in [4.69, 9.17) is 17.4 Å². The number of halogens is 1. The van der Waals surface area contributed by atoms with Gasteiger partial charge in [-0.25, -0.2) is 10.8 Å². The predicted molar refractivity (Wildman–Crippen MR) is 79.4 cm³/mol. The number of nitrogens with two attached hydrogens (primary N) is 1. The second kappa shape index (κ2) is 6.36. The summed E-state index contributed by atoms with van der Waals surface area (Å²) in [4.78, 5) is 16.0. The molecule has 20 heavy (non-hydrogen) atoms. The third-order valence-electron chi connectivity index (χ3n) is 2.90. The van der Waals surface area contributed by atoms with Gasteiger partial charge >= 0.3 is 0 Å². The number of hydrazine groups is 1. The molecule has 0 saturated carbocycles. The number of pyridine rings is 1. The topological polar surface area (TPSA) is 80.0 Å². The summed E-state index contributed by atoms with van der Waals surface area (Å²) in [5, 5.41) is 3.05. The van der Waals surface area contributed by atoms with E-state index in [9.17, 15) is 4.79 Å². The van der Waals surface area contributed by atoms with Crippen LogP contribution in [0.3, 0.4) is 0 Å². The van der Waals surface area contributed by atoms with Gasteiger partial charge in [0.05, 0.1) is 0 Å². The Balaban J connectivity index is 2.09. The van der Waals surface area contributed by atoms with E-state index in [1.54, 1.807) is 6.07 Å². The van der Waals surface area contributed by atoms with Crippen molar-refractivity contribution in [2.24, 2.45) is 5.84 Å². The van der Waals surface area contributed by atoms with Crippen molar-refractivity contribution in [3.8, 4) is 0 Å². The number of aromatic nitrogens is 1. The van der Waals surface area contributed by atoms with Crippen LogP contribution < -0.4 is 16.6 Å². The Bertz CT molecular complexity index is 630. The summed E-state index contributed by atoms with van der Waals surface area (Å²) >= 11 is 5.83. The molecule has 104 valence electrons. The van der Waals surface area contributed by atoms with E-state index in [0.717, 1.165) is 11.1 Å². The largest absolute Gasteiger partial charge is 0.348 e. The number of amides is 1. The van der Waals surface area contributed by atoms with Crippen LogP contribution in [-0.2, 0) is 6.54 Å². The molecule has 0 radical (unpaired) electrons. The van der Waals surface area contributed by atoms with Gasteiger partial charge < -0.3 is 10.7 Å². The number of rotatable bonds is 4. The van der Waals surface area contributed by atoms with Gasteiger partial charge in [-0.3, -0.25) is 4.79 Å². The fourth-order valence-electron chi connectivity index (χ4n) is 1.79. The normalized spacial score (nSPS) is 10.2. The standard InChI is InChI=1S/C14H15ClN4O/c1-9-4-2-3-5-10(9)8-17-14(20)11-6-12(15)18-13(7-11)19-16/h2-7H,8,16H2,1H3,(H,17,20)(H,18,19). The van der Waals surface area contributed by atoms with Crippen molar-refractivity contribution in [3.63, 3.8) is 0 Å². The van der Waals surface area contributed by atoms with Crippen LogP contribution >= 0.6 is 11.6 Å². The Morgan fingerprint density at radius 1 is 1.35 bits per heavy atom. The number of carbonyl (C=O) groups is 1. The van der Waals surface area contributed by atoms with E-state index in [2.05, 4.69) is 15.7 Å². The predicted octanol–water partition coefficient (Wildman–Crippen LogP) is 2.26. The van der Waals surface area contributed by atoms with Gasteiger partial charge in [0.15, 0.2) is 0 Å². The van der Waals surface area contributed by atoms with Crippen molar-refractivity contribution >= 4 is 23.3 Å². The zero-order chi connectivity index (χ0) is 14.5. The molecule has 1 aromatic heterocycles. The summed E-state index contributed by atoms with van der Waals surface area (Å²) in [6.07, 6.45) is 0. The monoisotopic (exact) mass is 290 g/mol. The first kappa shape index (κ1) is 14.3. The van der Waals surface area contributed by atoms with Gasteiger partial charge in [0, 0.05) is 12.1 Å². The highest BCUT2D eigenvalue weighted by Gasteiger charge is 2.09. The maximum Gasteiger partial charge on any atom is 0.251 e. The summed E-state index contributed by atoms with van der Waals surface area (Å²) in [5.74, 6) is 5.39. The highest BCUT2D eigenvalue weighted by atomic mass is 35.5. The smallest absolute Gasteiger partial charge is 0.251 e. The van der Waals surface area contributed by atoms with Gasteiger partial charge in [0.2, 0.25) is 0 Å². The fraction of sp³-hybridized carbons (Fsp3) is 0.143. The Morgan fingerprint density at radius 3 is 2.80 bits per heavy atom. The van der Waals surface area contributed by atoms with Crippen LogP contribution in [0.4, 0.5) is 5.82 Å². The molecule has 0 aliphatic rings. The minimum Gasteiger partial charge on any atom is -0.348 e. The second-order valence-electron chi connectivity index (χ2n) is 4.32. The Morgan fingerprint density at radius 2 is 2.10 bits per heavy atom. The molecule has 6 heteroatoms. The van der Waals surface area contributed by atoms with Crippen LogP contribution in [0, 0.1) is 6.92 Å². The SMILES string of the molecule is Cc1ccccc1CNC(=O)c1cc(Cl)nc(NN)c1. The molecular weight excluding hydrogens is 276 g/mol. The molecule has 2 rings (SSSR count). The number of nitrogens with one attached hydrogen (secondary N) is 2. The Labute approximate surface area is 122 Å². The molecule has 1 aromatic carbocycles. The summed E-state index contributed by atoms with van der Waals surface area (Å²) < 4.78 is 0. The van der Waals surface area contributed by atoms with Crippen molar-refractivity contribution in [2.45, 2.75) is 13.5 Å².